The molecule has 2 aromatic heterocycles. The van der Waals surface area contributed by atoms with Crippen LogP contribution < -0.4 is 4.68 Å². The average Bonchev–Trinajstić information content (AvgIpc) is 3.28. The quantitative estimate of drug-likeness (QED) is 0.396. The Balaban J connectivity index is 1.71. The first-order valence-electron chi connectivity index (χ1n) is 8.22. The van der Waals surface area contributed by atoms with Crippen LogP contribution in [-0.4, -0.2) is 4.68 Å². The van der Waals surface area contributed by atoms with Crippen LogP contribution in [0.4, 0.5) is 0 Å². The lowest BCUT2D eigenvalue weighted by Crippen LogP contribution is -2.36. The van der Waals surface area contributed by atoms with E-state index in [1.54, 1.807) is 0 Å². The molecule has 0 saturated carbocycles. The fourth-order valence-electron chi connectivity index (χ4n) is 4.00. The van der Waals surface area contributed by atoms with Crippen LogP contribution in [0.25, 0.3) is 38.5 Å². The number of nitrogens with zero attached hydrogens (tertiary/aromatic N) is 3. The van der Waals surface area contributed by atoms with E-state index < -0.39 is 0 Å². The van der Waals surface area contributed by atoms with Gasteiger partial charge >= 0.3 is 0 Å². The summed E-state index contributed by atoms with van der Waals surface area (Å²) in [4.78, 5) is 0. The number of nitriles is 1. The first kappa shape index (κ1) is 12.8. The van der Waals surface area contributed by atoms with Crippen molar-refractivity contribution >= 4 is 32.8 Å². The molecule has 3 aromatic carbocycles. The van der Waals surface area contributed by atoms with Gasteiger partial charge in [0.25, 0.3) is 0 Å². The van der Waals surface area contributed by atoms with Gasteiger partial charge in [-0.25, -0.2) is 0 Å². The molecule has 0 aliphatic carbocycles. The normalized spacial score (nSPS) is 12.6. The molecule has 3 heterocycles. The molecule has 4 nitrogen and oxygen atoms in total. The highest BCUT2D eigenvalue weighted by Crippen LogP contribution is 2.34. The Kier molecular flexibility index (Phi) is 2.19. The topological polar surface area (TPSA) is 45.7 Å². The zero-order valence-corrected chi connectivity index (χ0v) is 13.2. The van der Waals surface area contributed by atoms with Gasteiger partial charge in [-0.2, -0.15) is 5.26 Å². The molecule has 0 amide bonds. The molecule has 0 N–H and O–H groups in total. The molecule has 116 valence electrons. The van der Waals surface area contributed by atoms with Gasteiger partial charge in [-0.1, -0.05) is 24.3 Å². The number of benzene rings is 3. The third-order valence-electron chi connectivity index (χ3n) is 5.11. The smallest absolute Gasteiger partial charge is 0.205 e. The van der Waals surface area contributed by atoms with Crippen LogP contribution in [0.5, 0.6) is 0 Å². The Hall–Kier alpha value is -3.58. The first-order valence-corrected chi connectivity index (χ1v) is 8.22. The monoisotopic (exact) mass is 322 g/mol. The van der Waals surface area contributed by atoms with Gasteiger partial charge in [0.15, 0.2) is 6.54 Å². The van der Waals surface area contributed by atoms with E-state index in [0.29, 0.717) is 5.56 Å². The second-order valence-electron chi connectivity index (χ2n) is 6.46. The summed E-state index contributed by atoms with van der Waals surface area (Å²) in [6.07, 6.45) is 2.06. The summed E-state index contributed by atoms with van der Waals surface area (Å²) >= 11 is 0. The minimum atomic E-state index is 0.707. The van der Waals surface area contributed by atoms with Crippen molar-refractivity contribution in [2.24, 2.45) is 0 Å². The summed E-state index contributed by atoms with van der Waals surface area (Å²) in [6.45, 7) is 0.796. The van der Waals surface area contributed by atoms with Gasteiger partial charge in [-0.3, -0.25) is 0 Å². The Morgan fingerprint density at radius 2 is 1.88 bits per heavy atom. The average molecular weight is 322 g/mol. The highest BCUT2D eigenvalue weighted by atomic mass is 16.3. The standard InChI is InChI=1S/C21H12N3O/c22-10-13-4-3-6-18-17(13)12-23-11-14-8-16-15-5-1-2-7-20(15)25-21(16)9-19(14)24(18)23/h1-9,12H,11H2/q+1. The number of fused-ring (bicyclic) bond motifs is 8. The third kappa shape index (κ3) is 1.52. The van der Waals surface area contributed by atoms with E-state index in [9.17, 15) is 5.26 Å². The first-order chi connectivity index (χ1) is 12.3. The lowest BCUT2D eigenvalue weighted by Gasteiger charge is -1.99. The Bertz CT molecular complexity index is 1380. The number of hydrogen-bond acceptors (Lipinski definition) is 2. The molecule has 0 saturated heterocycles. The van der Waals surface area contributed by atoms with Gasteiger partial charge in [0.1, 0.15) is 28.4 Å². The molecule has 4 heteroatoms. The minimum Gasteiger partial charge on any atom is -0.456 e. The zero-order chi connectivity index (χ0) is 16.5. The van der Waals surface area contributed by atoms with Crippen LogP contribution in [0, 0.1) is 11.3 Å². The Morgan fingerprint density at radius 1 is 0.960 bits per heavy atom. The summed E-state index contributed by atoms with van der Waals surface area (Å²) in [5, 5.41) is 12.7. The Labute approximate surface area is 142 Å². The number of furan rings is 1. The van der Waals surface area contributed by atoms with E-state index in [1.165, 1.54) is 5.56 Å². The van der Waals surface area contributed by atoms with Crippen molar-refractivity contribution in [3.8, 4) is 11.8 Å². The van der Waals surface area contributed by atoms with E-state index in [0.717, 1.165) is 45.1 Å². The fraction of sp³-hybridized carbons (Fsp3) is 0.0476. The second kappa shape index (κ2) is 4.28. The van der Waals surface area contributed by atoms with Gasteiger partial charge < -0.3 is 4.42 Å². The van der Waals surface area contributed by atoms with E-state index in [4.69, 9.17) is 4.42 Å². The van der Waals surface area contributed by atoms with Gasteiger partial charge in [0.2, 0.25) is 6.20 Å². The second-order valence-corrected chi connectivity index (χ2v) is 6.46. The molecule has 25 heavy (non-hydrogen) atoms. The lowest BCUT2D eigenvalue weighted by atomic mass is 10.1. The molecular weight excluding hydrogens is 310 g/mol. The van der Waals surface area contributed by atoms with E-state index in [-0.39, 0.29) is 0 Å². The van der Waals surface area contributed by atoms with E-state index >= 15 is 0 Å². The van der Waals surface area contributed by atoms with Crippen LogP contribution in [0.2, 0.25) is 0 Å². The van der Waals surface area contributed by atoms with Crippen molar-refractivity contribution in [3.05, 3.63) is 71.9 Å². The molecular formula is C21H12N3O+. The molecule has 0 bridgehead atoms. The van der Waals surface area contributed by atoms with Crippen LogP contribution in [0.3, 0.4) is 0 Å². The summed E-state index contributed by atoms with van der Waals surface area (Å²) in [6, 6.07) is 20.6. The highest BCUT2D eigenvalue weighted by molar-refractivity contribution is 6.06. The van der Waals surface area contributed by atoms with Gasteiger partial charge in [0, 0.05) is 22.4 Å². The summed E-state index contributed by atoms with van der Waals surface area (Å²) in [7, 11) is 0. The van der Waals surface area contributed by atoms with Crippen molar-refractivity contribution in [3.63, 3.8) is 0 Å². The molecule has 0 spiro atoms. The van der Waals surface area contributed by atoms with Crippen molar-refractivity contribution < 1.29 is 9.10 Å². The van der Waals surface area contributed by atoms with Crippen molar-refractivity contribution in [2.45, 2.75) is 6.54 Å². The SMILES string of the molecule is N#Cc1cccc2c1c[n+]1n2-c2cc3oc4ccccc4c3cc2C1. The predicted octanol–water partition coefficient (Wildman–Crippen LogP) is 4.05. The molecule has 1 aliphatic heterocycles. The number of para-hydroxylation sites is 1. The van der Waals surface area contributed by atoms with Gasteiger partial charge in [-0.05, 0) is 24.3 Å². The third-order valence-corrected chi connectivity index (χ3v) is 5.11. The molecule has 0 unspecified atom stereocenters. The summed E-state index contributed by atoms with van der Waals surface area (Å²) < 4.78 is 10.4. The van der Waals surface area contributed by atoms with Crippen molar-refractivity contribution in [1.82, 2.24) is 4.68 Å². The van der Waals surface area contributed by atoms with Crippen LogP contribution >= 0.6 is 0 Å². The molecule has 5 aromatic rings. The van der Waals surface area contributed by atoms with E-state index in [1.807, 2.05) is 30.3 Å². The highest BCUT2D eigenvalue weighted by Gasteiger charge is 2.30. The van der Waals surface area contributed by atoms with Gasteiger partial charge in [0.05, 0.1) is 10.9 Å². The van der Waals surface area contributed by atoms with Crippen LogP contribution in [0.15, 0.2) is 65.2 Å². The lowest BCUT2D eigenvalue weighted by molar-refractivity contribution is -0.749. The van der Waals surface area contributed by atoms with E-state index in [2.05, 4.69) is 45.9 Å². The predicted molar refractivity (Wildman–Crippen MR) is 94.6 cm³/mol. The maximum absolute atomic E-state index is 9.36. The van der Waals surface area contributed by atoms with Crippen molar-refractivity contribution in [2.75, 3.05) is 0 Å². The maximum Gasteiger partial charge on any atom is 0.205 e. The minimum absolute atomic E-state index is 0.707. The summed E-state index contributed by atoms with van der Waals surface area (Å²) in [5.41, 5.74) is 5.95. The fourth-order valence-corrected chi connectivity index (χ4v) is 4.00. The van der Waals surface area contributed by atoms with Crippen molar-refractivity contribution in [1.29, 1.82) is 5.26 Å². The van der Waals surface area contributed by atoms with Gasteiger partial charge in [-0.15, -0.1) is 9.36 Å². The maximum atomic E-state index is 9.36. The van der Waals surface area contributed by atoms with Crippen LogP contribution in [0.1, 0.15) is 11.1 Å². The molecule has 0 radical (unpaired) electrons. The largest absolute Gasteiger partial charge is 0.456 e. The molecule has 0 atom stereocenters. The Morgan fingerprint density at radius 3 is 2.80 bits per heavy atom. The van der Waals surface area contributed by atoms with Crippen LogP contribution in [-0.2, 0) is 6.54 Å². The number of rotatable bonds is 0. The number of hydrogen-bond donors (Lipinski definition) is 0. The molecule has 0 fully saturated rings. The zero-order valence-electron chi connectivity index (χ0n) is 13.2. The summed E-state index contributed by atoms with van der Waals surface area (Å²) in [5.74, 6) is 0. The number of aromatic nitrogens is 2. The molecule has 1 aliphatic rings. The molecule has 6 rings (SSSR count).